The van der Waals surface area contributed by atoms with Gasteiger partial charge in [-0.3, -0.25) is 4.79 Å². The van der Waals surface area contributed by atoms with E-state index >= 15 is 0 Å². The quantitative estimate of drug-likeness (QED) is 0.663. The Morgan fingerprint density at radius 1 is 1.10 bits per heavy atom. The molecule has 3 heterocycles. The van der Waals surface area contributed by atoms with Gasteiger partial charge in [0, 0.05) is 26.0 Å². The van der Waals surface area contributed by atoms with Crippen LogP contribution >= 0.6 is 0 Å². The Labute approximate surface area is 172 Å². The van der Waals surface area contributed by atoms with E-state index in [1.165, 1.54) is 7.11 Å². The van der Waals surface area contributed by atoms with E-state index in [2.05, 4.69) is 20.3 Å². The number of carbonyl (C=O) groups excluding carboxylic acids is 1. The number of rotatable bonds is 6. The van der Waals surface area contributed by atoms with Crippen molar-refractivity contribution in [3.05, 3.63) is 60.0 Å². The number of hydrogen-bond acceptors (Lipinski definition) is 8. The number of amides is 1. The normalized spacial score (nSPS) is 18.6. The third-order valence-corrected chi connectivity index (χ3v) is 4.62. The Balaban J connectivity index is 1.57. The monoisotopic (exact) mass is 408 g/mol. The lowest BCUT2D eigenvalue weighted by molar-refractivity contribution is -0.112. The molecule has 1 aliphatic carbocycles. The van der Waals surface area contributed by atoms with Crippen LogP contribution in [0.4, 0.5) is 5.82 Å². The fourth-order valence-electron chi connectivity index (χ4n) is 3.16. The zero-order valence-corrected chi connectivity index (χ0v) is 16.7. The number of ether oxygens (including phenoxy) is 3. The molecule has 0 spiro atoms. The van der Waals surface area contributed by atoms with Crippen molar-refractivity contribution in [2.75, 3.05) is 26.6 Å². The van der Waals surface area contributed by atoms with Crippen molar-refractivity contribution in [1.29, 1.82) is 0 Å². The van der Waals surface area contributed by atoms with Crippen molar-refractivity contribution >= 4 is 23.0 Å². The van der Waals surface area contributed by atoms with E-state index in [4.69, 9.17) is 18.6 Å². The van der Waals surface area contributed by atoms with E-state index < -0.39 is 12.2 Å². The highest BCUT2D eigenvalue weighted by Crippen LogP contribution is 2.25. The van der Waals surface area contributed by atoms with Crippen LogP contribution in [0.15, 0.2) is 64.4 Å². The molecule has 0 bridgehead atoms. The summed E-state index contributed by atoms with van der Waals surface area (Å²) in [5, 5.41) is 2.78. The molecule has 0 aromatic carbocycles. The van der Waals surface area contributed by atoms with Crippen molar-refractivity contribution in [1.82, 2.24) is 15.0 Å². The van der Waals surface area contributed by atoms with Crippen LogP contribution in [-0.4, -0.2) is 54.4 Å². The van der Waals surface area contributed by atoms with Gasteiger partial charge in [-0.25, -0.2) is 9.97 Å². The fourth-order valence-corrected chi connectivity index (χ4v) is 3.16. The molecule has 1 N–H and O–H groups in total. The van der Waals surface area contributed by atoms with Gasteiger partial charge in [0.15, 0.2) is 11.2 Å². The number of carbonyl (C=O) groups is 1. The van der Waals surface area contributed by atoms with Crippen LogP contribution in [0, 0.1) is 0 Å². The second-order valence-electron chi connectivity index (χ2n) is 6.44. The molecule has 3 aromatic heterocycles. The topological polar surface area (TPSA) is 109 Å². The molecule has 9 nitrogen and oxygen atoms in total. The molecule has 3 aromatic rings. The number of aromatic nitrogens is 3. The molecule has 0 aliphatic heterocycles. The van der Waals surface area contributed by atoms with Crippen LogP contribution in [0.5, 0.6) is 0 Å². The molecule has 0 fully saturated rings. The molecule has 1 aliphatic rings. The van der Waals surface area contributed by atoms with Gasteiger partial charge in [0.25, 0.3) is 5.91 Å². The van der Waals surface area contributed by atoms with Gasteiger partial charge in [-0.15, -0.1) is 0 Å². The first-order chi connectivity index (χ1) is 14.6. The summed E-state index contributed by atoms with van der Waals surface area (Å²) in [6.07, 6.45) is 4.06. The first-order valence-corrected chi connectivity index (χ1v) is 9.16. The van der Waals surface area contributed by atoms with Gasteiger partial charge in [-0.05, 0) is 36.4 Å². The number of pyridine rings is 2. The van der Waals surface area contributed by atoms with E-state index in [1.807, 2.05) is 0 Å². The van der Waals surface area contributed by atoms with E-state index in [0.717, 1.165) is 0 Å². The maximum absolute atomic E-state index is 12.8. The first-order valence-electron chi connectivity index (χ1n) is 9.16. The average molecular weight is 408 g/mol. The van der Waals surface area contributed by atoms with E-state index in [0.29, 0.717) is 40.0 Å². The summed E-state index contributed by atoms with van der Waals surface area (Å²) >= 11 is 0. The molecule has 9 heteroatoms. The number of methoxy groups -OCH3 is 3. The molecule has 2 unspecified atom stereocenters. The highest BCUT2D eigenvalue weighted by Gasteiger charge is 2.30. The van der Waals surface area contributed by atoms with Crippen molar-refractivity contribution in [2.24, 2.45) is 0 Å². The predicted octanol–water partition coefficient (Wildman–Crippen LogP) is 2.72. The van der Waals surface area contributed by atoms with E-state index in [1.54, 1.807) is 62.9 Å². The Kier molecular flexibility index (Phi) is 5.55. The molecule has 4 rings (SSSR count). The molecule has 0 saturated heterocycles. The van der Waals surface area contributed by atoms with Crippen molar-refractivity contribution in [3.63, 3.8) is 0 Å². The van der Waals surface area contributed by atoms with Crippen LogP contribution in [0.1, 0.15) is 0 Å². The highest BCUT2D eigenvalue weighted by molar-refractivity contribution is 6.05. The summed E-state index contributed by atoms with van der Waals surface area (Å²) in [6.45, 7) is 0. The Bertz CT molecular complexity index is 1100. The summed E-state index contributed by atoms with van der Waals surface area (Å²) < 4.78 is 21.9. The zero-order chi connectivity index (χ0) is 21.1. The van der Waals surface area contributed by atoms with Gasteiger partial charge in [0.05, 0.1) is 7.11 Å². The lowest BCUT2D eigenvalue weighted by Crippen LogP contribution is -2.35. The minimum absolute atomic E-state index is 0.320. The van der Waals surface area contributed by atoms with Crippen LogP contribution < -0.4 is 5.32 Å². The lowest BCUT2D eigenvalue weighted by atomic mass is 9.99. The number of nitrogens with zero attached hydrogens (tertiary/aromatic N) is 3. The maximum Gasteiger partial charge on any atom is 0.256 e. The number of hydrogen-bond donors (Lipinski definition) is 1. The Morgan fingerprint density at radius 3 is 2.70 bits per heavy atom. The third kappa shape index (κ3) is 3.80. The van der Waals surface area contributed by atoms with E-state index in [9.17, 15) is 4.79 Å². The summed E-state index contributed by atoms with van der Waals surface area (Å²) in [5.41, 5.74) is 1.91. The molecular weight excluding hydrogens is 388 g/mol. The summed E-state index contributed by atoms with van der Waals surface area (Å²) in [6, 6.07) is 8.72. The Morgan fingerprint density at radius 2 is 1.97 bits per heavy atom. The van der Waals surface area contributed by atoms with Crippen LogP contribution in [-0.2, 0) is 19.0 Å². The minimum Gasteiger partial charge on any atom is -0.498 e. The summed E-state index contributed by atoms with van der Waals surface area (Å²) in [5.74, 6) is 0.812. The van der Waals surface area contributed by atoms with Gasteiger partial charge < -0.3 is 23.9 Å². The number of fused-ring (bicyclic) bond motifs is 1. The van der Waals surface area contributed by atoms with Crippen molar-refractivity contribution in [2.45, 2.75) is 12.2 Å². The van der Waals surface area contributed by atoms with Crippen molar-refractivity contribution in [3.8, 4) is 11.6 Å². The predicted molar refractivity (Wildman–Crippen MR) is 108 cm³/mol. The lowest BCUT2D eigenvalue weighted by Gasteiger charge is -2.27. The highest BCUT2D eigenvalue weighted by atomic mass is 16.6. The fraction of sp³-hybridized carbons (Fsp3) is 0.238. The largest absolute Gasteiger partial charge is 0.498 e. The van der Waals surface area contributed by atoms with Crippen LogP contribution in [0.25, 0.3) is 22.8 Å². The van der Waals surface area contributed by atoms with Gasteiger partial charge in [-0.1, -0.05) is 6.07 Å². The zero-order valence-electron chi connectivity index (χ0n) is 16.7. The second-order valence-corrected chi connectivity index (χ2v) is 6.44. The number of nitrogens with one attached hydrogen (secondary N) is 1. The van der Waals surface area contributed by atoms with Gasteiger partial charge in [0.2, 0.25) is 5.89 Å². The van der Waals surface area contributed by atoms with E-state index in [-0.39, 0.29) is 5.91 Å². The molecule has 154 valence electrons. The standard InChI is InChI=1S/C21H20N4O5/c1-27-15-10-12(11-16(28-2)18(15)29-3)20(26)24-17-8-4-6-13(23-17)21-25-19-14(30-21)7-5-9-22-19/h4-11,15,18H,1-3H3,(H,23,24,26). The smallest absolute Gasteiger partial charge is 0.256 e. The van der Waals surface area contributed by atoms with Crippen molar-refractivity contribution < 1.29 is 23.4 Å². The van der Waals surface area contributed by atoms with Crippen LogP contribution in [0.3, 0.4) is 0 Å². The van der Waals surface area contributed by atoms with Gasteiger partial charge in [0.1, 0.15) is 29.5 Å². The van der Waals surface area contributed by atoms with Gasteiger partial charge >= 0.3 is 0 Å². The summed E-state index contributed by atoms with van der Waals surface area (Å²) in [7, 11) is 4.62. The minimum atomic E-state index is -0.456. The van der Waals surface area contributed by atoms with Gasteiger partial charge in [-0.2, -0.15) is 4.98 Å². The maximum atomic E-state index is 12.8. The first kappa shape index (κ1) is 19.7. The average Bonchev–Trinajstić information content (AvgIpc) is 3.22. The molecule has 0 saturated carbocycles. The molecular formula is C21H20N4O5. The third-order valence-electron chi connectivity index (χ3n) is 4.62. The molecule has 2 atom stereocenters. The summed E-state index contributed by atoms with van der Waals surface area (Å²) in [4.78, 5) is 25.7. The number of anilines is 1. The number of oxazole rings is 1. The SMILES string of the molecule is COC1=CC(C(=O)Nc2cccc(-c3nc4ncccc4o3)n2)=CC(OC)C1OC. The second kappa shape index (κ2) is 8.44. The van der Waals surface area contributed by atoms with Crippen LogP contribution in [0.2, 0.25) is 0 Å². The Hall–Kier alpha value is -3.56. The molecule has 0 radical (unpaired) electrons. The molecule has 1 amide bonds. The molecule has 30 heavy (non-hydrogen) atoms.